The summed E-state index contributed by atoms with van der Waals surface area (Å²) < 4.78 is 0. The second kappa shape index (κ2) is 10.6. The minimum absolute atomic E-state index is 0.139. The molecule has 10 nitrogen and oxygen atoms in total. The van der Waals surface area contributed by atoms with E-state index in [1.165, 1.54) is 53.4 Å². The molecule has 0 aromatic heterocycles. The van der Waals surface area contributed by atoms with E-state index in [0.29, 0.717) is 39.4 Å². The predicted octanol–water partition coefficient (Wildman–Crippen LogP) is 6.67. The van der Waals surface area contributed by atoms with Gasteiger partial charge < -0.3 is 15.1 Å². The molecule has 0 saturated heterocycles. The molecule has 4 aromatic rings. The summed E-state index contributed by atoms with van der Waals surface area (Å²) in [6.07, 6.45) is 2.40. The average molecular weight is 542 g/mol. The third-order valence-electron chi connectivity index (χ3n) is 7.40. The van der Waals surface area contributed by atoms with Gasteiger partial charge in [0.1, 0.15) is 11.5 Å². The summed E-state index contributed by atoms with van der Waals surface area (Å²) in [6.45, 7) is 2.01. The Morgan fingerprint density at radius 3 is 1.75 bits per heavy atom. The maximum atomic E-state index is 14.1. The zero-order chi connectivity index (χ0) is 28.6. The van der Waals surface area contributed by atoms with Crippen molar-refractivity contribution in [2.75, 3.05) is 0 Å². The Morgan fingerprint density at radius 2 is 1.30 bits per heavy atom. The normalized spacial score (nSPS) is 16.2. The first kappa shape index (κ1) is 26.6. The van der Waals surface area contributed by atoms with Gasteiger partial charge in [-0.05, 0) is 35.1 Å². The summed E-state index contributed by atoms with van der Waals surface area (Å²) in [6, 6.07) is 16.2. The number of phenolic OH excluding ortho intramolecular Hbond substituents is 2. The van der Waals surface area contributed by atoms with Crippen molar-refractivity contribution in [1.29, 1.82) is 0 Å². The number of aromatic hydroxyl groups is 2. The van der Waals surface area contributed by atoms with E-state index in [9.17, 15) is 35.2 Å². The summed E-state index contributed by atoms with van der Waals surface area (Å²) in [5.74, 6) is -0.591. The highest BCUT2D eigenvalue weighted by atomic mass is 16.6. The van der Waals surface area contributed by atoms with Crippen molar-refractivity contribution in [3.8, 4) is 11.5 Å². The molecule has 10 heteroatoms. The van der Waals surface area contributed by atoms with E-state index in [1.54, 1.807) is 24.3 Å². The number of nitro benzene ring substituents is 2. The Balaban J connectivity index is 1.87. The number of unbranched alkanes of at least 4 members (excludes halogenated alkanes) is 2. The van der Waals surface area contributed by atoms with Crippen LogP contribution in [0.2, 0.25) is 0 Å². The molecule has 0 bridgehead atoms. The fraction of sp³-hybridized carbons (Fsp3) is 0.233. The number of carbonyl (C=O) groups is 1. The highest BCUT2D eigenvalue weighted by Crippen LogP contribution is 2.54. The number of non-ortho nitro benzene ring substituents is 2. The number of rotatable bonds is 8. The number of carbonyl (C=O) groups excluding carboxylic acids is 1. The number of amides is 1. The van der Waals surface area contributed by atoms with Gasteiger partial charge in [-0.2, -0.15) is 0 Å². The van der Waals surface area contributed by atoms with E-state index >= 15 is 0 Å². The van der Waals surface area contributed by atoms with Crippen molar-refractivity contribution in [2.24, 2.45) is 0 Å². The second-order valence-corrected chi connectivity index (χ2v) is 9.86. The molecule has 204 valence electrons. The Hall–Kier alpha value is -4.99. The number of hydrogen-bond donors (Lipinski definition) is 2. The molecule has 0 spiro atoms. The summed E-state index contributed by atoms with van der Waals surface area (Å²) in [4.78, 5) is 38.0. The summed E-state index contributed by atoms with van der Waals surface area (Å²) in [7, 11) is 0. The van der Waals surface area contributed by atoms with Crippen molar-refractivity contribution in [1.82, 2.24) is 4.90 Å². The number of nitrogens with zero attached hydrogens (tertiary/aromatic N) is 3. The molecule has 2 atom stereocenters. The molecule has 2 unspecified atom stereocenters. The van der Waals surface area contributed by atoms with Crippen molar-refractivity contribution >= 4 is 28.1 Å². The van der Waals surface area contributed by atoms with Gasteiger partial charge in [0.25, 0.3) is 11.4 Å². The largest absolute Gasteiger partial charge is 0.508 e. The number of hydrogen-bond acceptors (Lipinski definition) is 7. The number of phenols is 2. The van der Waals surface area contributed by atoms with Crippen LogP contribution in [0.15, 0.2) is 72.8 Å². The lowest BCUT2D eigenvalue weighted by atomic mass is 9.79. The van der Waals surface area contributed by atoms with Crippen molar-refractivity contribution in [3.63, 3.8) is 0 Å². The van der Waals surface area contributed by atoms with E-state index < -0.39 is 21.9 Å². The molecule has 1 aliphatic rings. The van der Waals surface area contributed by atoms with Crippen LogP contribution in [0, 0.1) is 20.2 Å². The van der Waals surface area contributed by atoms with Crippen LogP contribution in [0.5, 0.6) is 11.5 Å². The molecule has 5 rings (SSSR count). The molecular weight excluding hydrogens is 514 g/mol. The minimum atomic E-state index is -0.976. The van der Waals surface area contributed by atoms with Gasteiger partial charge in [0.2, 0.25) is 5.91 Å². The van der Waals surface area contributed by atoms with E-state index in [-0.39, 0.29) is 35.2 Å². The van der Waals surface area contributed by atoms with Gasteiger partial charge >= 0.3 is 0 Å². The highest BCUT2D eigenvalue weighted by Gasteiger charge is 2.43. The average Bonchev–Trinajstić information content (AvgIpc) is 2.95. The molecule has 0 radical (unpaired) electrons. The van der Waals surface area contributed by atoms with E-state index in [0.717, 1.165) is 12.8 Å². The first-order valence-corrected chi connectivity index (χ1v) is 13.0. The zero-order valence-electron chi connectivity index (χ0n) is 21.7. The highest BCUT2D eigenvalue weighted by molar-refractivity contribution is 5.96. The molecule has 40 heavy (non-hydrogen) atoms. The van der Waals surface area contributed by atoms with Gasteiger partial charge in [0, 0.05) is 47.2 Å². The lowest BCUT2D eigenvalue weighted by Crippen LogP contribution is -2.42. The predicted molar refractivity (Wildman–Crippen MR) is 148 cm³/mol. The van der Waals surface area contributed by atoms with E-state index in [4.69, 9.17) is 0 Å². The van der Waals surface area contributed by atoms with Crippen LogP contribution in [-0.4, -0.2) is 30.9 Å². The Morgan fingerprint density at radius 1 is 0.800 bits per heavy atom. The zero-order valence-corrected chi connectivity index (χ0v) is 21.7. The van der Waals surface area contributed by atoms with Crippen LogP contribution >= 0.6 is 0 Å². The molecule has 2 N–H and O–H groups in total. The Kier molecular flexibility index (Phi) is 7.08. The molecule has 0 saturated carbocycles. The van der Waals surface area contributed by atoms with Crippen LogP contribution in [0.3, 0.4) is 0 Å². The van der Waals surface area contributed by atoms with Crippen molar-refractivity contribution < 1.29 is 24.9 Å². The molecular formula is C30H27N3O7. The maximum absolute atomic E-state index is 14.1. The second-order valence-electron chi connectivity index (χ2n) is 9.86. The maximum Gasteiger partial charge on any atom is 0.269 e. The number of nitro groups is 2. The van der Waals surface area contributed by atoms with Crippen LogP contribution in [0.1, 0.15) is 66.9 Å². The Labute approximate surface area is 229 Å². The minimum Gasteiger partial charge on any atom is -0.508 e. The third-order valence-corrected chi connectivity index (χ3v) is 7.40. The molecule has 1 heterocycles. The monoisotopic (exact) mass is 541 g/mol. The van der Waals surface area contributed by atoms with E-state index in [1.807, 2.05) is 6.92 Å². The van der Waals surface area contributed by atoms with Gasteiger partial charge in [-0.1, -0.05) is 56.2 Å². The lowest BCUT2D eigenvalue weighted by Gasteiger charge is -2.44. The fourth-order valence-corrected chi connectivity index (χ4v) is 5.65. The van der Waals surface area contributed by atoms with E-state index in [2.05, 4.69) is 0 Å². The standard InChI is InChI=1S/C30H27N3O7/c1-2-3-4-11-25(36)31-29(19-7-5-9-21(16-19)32(37)38)27-23(34)14-12-18-13-15-24(35)28(26(18)27)30(31)20-8-6-10-22(17-20)33(39)40/h5-10,12-17,29-30,34-35H,2-4,11H2,1H3. The first-order chi connectivity index (χ1) is 19.2. The summed E-state index contributed by atoms with van der Waals surface area (Å²) in [5, 5.41) is 47.0. The quantitative estimate of drug-likeness (QED) is 0.144. The van der Waals surface area contributed by atoms with Crippen LogP contribution in [0.25, 0.3) is 10.8 Å². The fourth-order valence-electron chi connectivity index (χ4n) is 5.65. The molecule has 0 fully saturated rings. The Bertz CT molecular complexity index is 1550. The van der Waals surface area contributed by atoms with Crippen LogP contribution in [0.4, 0.5) is 11.4 Å². The summed E-state index contributed by atoms with van der Waals surface area (Å²) >= 11 is 0. The topological polar surface area (TPSA) is 147 Å². The molecule has 4 aromatic carbocycles. The van der Waals surface area contributed by atoms with Crippen molar-refractivity contribution in [2.45, 2.75) is 44.7 Å². The van der Waals surface area contributed by atoms with Crippen LogP contribution in [-0.2, 0) is 4.79 Å². The first-order valence-electron chi connectivity index (χ1n) is 13.0. The van der Waals surface area contributed by atoms with Gasteiger partial charge in [0.15, 0.2) is 0 Å². The van der Waals surface area contributed by atoms with Gasteiger partial charge in [-0.15, -0.1) is 0 Å². The number of benzene rings is 4. The lowest BCUT2D eigenvalue weighted by molar-refractivity contribution is -0.385. The SMILES string of the molecule is CCCCCC(=O)N1C(c2cccc([N+](=O)[O-])c2)c2c(O)ccc3ccc(O)c(c23)C1c1cccc([N+](=O)[O-])c1. The van der Waals surface area contributed by atoms with Crippen molar-refractivity contribution in [3.05, 3.63) is 115 Å². The van der Waals surface area contributed by atoms with Crippen LogP contribution < -0.4 is 0 Å². The van der Waals surface area contributed by atoms with Gasteiger partial charge in [-0.25, -0.2) is 0 Å². The molecule has 1 aliphatic heterocycles. The van der Waals surface area contributed by atoms with Gasteiger partial charge in [0.05, 0.1) is 21.9 Å². The molecule has 1 amide bonds. The summed E-state index contributed by atoms with van der Waals surface area (Å²) in [5.41, 5.74) is 1.08. The smallest absolute Gasteiger partial charge is 0.269 e. The molecule has 0 aliphatic carbocycles. The van der Waals surface area contributed by atoms with Gasteiger partial charge in [-0.3, -0.25) is 25.0 Å². The third kappa shape index (κ3) is 4.57.